The van der Waals surface area contributed by atoms with E-state index in [1.807, 2.05) is 24.3 Å². The summed E-state index contributed by atoms with van der Waals surface area (Å²) in [5.41, 5.74) is 0.642. The van der Waals surface area contributed by atoms with Crippen LogP contribution >= 0.6 is 0 Å². The number of amides is 1. The summed E-state index contributed by atoms with van der Waals surface area (Å²) < 4.78 is 5.12. The van der Waals surface area contributed by atoms with Crippen LogP contribution in [0.3, 0.4) is 0 Å². The first-order valence-electron chi connectivity index (χ1n) is 8.19. The first-order valence-corrected chi connectivity index (χ1v) is 8.19. The van der Waals surface area contributed by atoms with E-state index in [0.717, 1.165) is 44.3 Å². The summed E-state index contributed by atoms with van der Waals surface area (Å²) in [6, 6.07) is 7.82. The predicted molar refractivity (Wildman–Crippen MR) is 87.5 cm³/mol. The molecule has 2 N–H and O–H groups in total. The monoisotopic (exact) mass is 319 g/mol. The maximum absolute atomic E-state index is 12.2. The number of carbonyl (C=O) groups is 2. The molecule has 1 aliphatic rings. The maximum atomic E-state index is 12.2. The van der Waals surface area contributed by atoms with Crippen LogP contribution in [0.4, 0.5) is 0 Å². The minimum atomic E-state index is -0.842. The molecule has 0 aliphatic heterocycles. The van der Waals surface area contributed by atoms with Crippen LogP contribution < -0.4 is 10.1 Å². The summed E-state index contributed by atoms with van der Waals surface area (Å²) >= 11 is 0. The van der Waals surface area contributed by atoms with Gasteiger partial charge in [-0.05, 0) is 43.4 Å². The summed E-state index contributed by atoms with van der Waals surface area (Å²) in [6.07, 6.45) is 5.53. The van der Waals surface area contributed by atoms with Gasteiger partial charge in [-0.2, -0.15) is 0 Å². The van der Waals surface area contributed by atoms with Crippen molar-refractivity contribution >= 4 is 11.9 Å². The van der Waals surface area contributed by atoms with Crippen molar-refractivity contribution in [2.75, 3.05) is 7.11 Å². The number of methoxy groups -OCH3 is 1. The lowest BCUT2D eigenvalue weighted by molar-refractivity contribution is -0.139. The molecule has 1 aromatic carbocycles. The van der Waals surface area contributed by atoms with Crippen molar-refractivity contribution < 1.29 is 19.4 Å². The molecule has 1 aliphatic carbocycles. The molecule has 0 bridgehead atoms. The van der Waals surface area contributed by atoms with E-state index in [2.05, 4.69) is 5.32 Å². The van der Waals surface area contributed by atoms with Gasteiger partial charge in [0.2, 0.25) is 5.91 Å². The van der Waals surface area contributed by atoms with Gasteiger partial charge in [-0.25, -0.2) is 0 Å². The van der Waals surface area contributed by atoms with Crippen LogP contribution in [-0.4, -0.2) is 29.6 Å². The minimum Gasteiger partial charge on any atom is -0.497 e. The van der Waals surface area contributed by atoms with Gasteiger partial charge in [0.15, 0.2) is 0 Å². The Kier molecular flexibility index (Phi) is 6.02. The molecule has 0 heterocycles. The number of rotatable bonds is 8. The van der Waals surface area contributed by atoms with Crippen molar-refractivity contribution in [1.82, 2.24) is 5.32 Å². The number of carboxylic acid groups (broad SMARTS) is 1. The Balaban J connectivity index is 1.78. The van der Waals surface area contributed by atoms with Crippen molar-refractivity contribution in [2.24, 2.45) is 0 Å². The molecule has 1 amide bonds. The quantitative estimate of drug-likeness (QED) is 0.772. The van der Waals surface area contributed by atoms with Crippen molar-refractivity contribution in [1.29, 1.82) is 0 Å². The average Bonchev–Trinajstić information content (AvgIpc) is 2.95. The Labute approximate surface area is 137 Å². The van der Waals surface area contributed by atoms with Crippen molar-refractivity contribution in [3.63, 3.8) is 0 Å². The zero-order valence-electron chi connectivity index (χ0n) is 13.6. The Morgan fingerprint density at radius 3 is 2.43 bits per heavy atom. The topological polar surface area (TPSA) is 75.6 Å². The largest absolute Gasteiger partial charge is 0.497 e. The van der Waals surface area contributed by atoms with Gasteiger partial charge in [0.1, 0.15) is 5.75 Å². The lowest BCUT2D eigenvalue weighted by atomic mass is 9.93. The minimum absolute atomic E-state index is 0.0250. The van der Waals surface area contributed by atoms with Crippen LogP contribution in [0, 0.1) is 0 Å². The van der Waals surface area contributed by atoms with Gasteiger partial charge >= 0.3 is 5.97 Å². The number of nitrogens with one attached hydrogen (secondary N) is 1. The van der Waals surface area contributed by atoms with Gasteiger partial charge in [0.05, 0.1) is 19.1 Å². The van der Waals surface area contributed by atoms with Gasteiger partial charge in [-0.15, -0.1) is 0 Å². The molecule has 23 heavy (non-hydrogen) atoms. The molecule has 0 aromatic heterocycles. The van der Waals surface area contributed by atoms with E-state index in [1.54, 1.807) is 7.11 Å². The highest BCUT2D eigenvalue weighted by atomic mass is 16.5. The fraction of sp³-hybridized carbons (Fsp3) is 0.556. The maximum Gasteiger partial charge on any atom is 0.305 e. The van der Waals surface area contributed by atoms with Gasteiger partial charge in [-0.3, -0.25) is 9.59 Å². The molecular weight excluding hydrogens is 294 g/mol. The molecule has 0 saturated heterocycles. The molecule has 1 saturated carbocycles. The van der Waals surface area contributed by atoms with Crippen molar-refractivity contribution in [2.45, 2.75) is 56.9 Å². The van der Waals surface area contributed by atoms with E-state index in [-0.39, 0.29) is 12.3 Å². The smallest absolute Gasteiger partial charge is 0.305 e. The van der Waals surface area contributed by atoms with Gasteiger partial charge in [0.25, 0.3) is 0 Å². The molecule has 1 fully saturated rings. The first kappa shape index (κ1) is 17.3. The Bertz CT molecular complexity index is 532. The van der Waals surface area contributed by atoms with Crippen LogP contribution in [0.5, 0.6) is 5.75 Å². The highest BCUT2D eigenvalue weighted by Gasteiger charge is 2.37. The first-order chi connectivity index (χ1) is 11.0. The van der Waals surface area contributed by atoms with E-state index in [0.29, 0.717) is 6.42 Å². The normalized spacial score (nSPS) is 16.0. The predicted octanol–water partition coefficient (Wildman–Crippen LogP) is 2.92. The summed E-state index contributed by atoms with van der Waals surface area (Å²) in [5.74, 6) is -0.0598. The zero-order valence-corrected chi connectivity index (χ0v) is 13.6. The summed E-state index contributed by atoms with van der Waals surface area (Å²) in [6.45, 7) is 0. The summed E-state index contributed by atoms with van der Waals surface area (Å²) in [7, 11) is 1.63. The molecule has 0 atom stereocenters. The standard InChI is InChI=1S/C18H25NO4/c1-23-15-9-7-14(8-10-15)5-4-6-16(20)19-18(13-17(21)22)11-2-3-12-18/h7-10H,2-6,11-13H2,1H3,(H,19,20)(H,21,22). The molecule has 5 heteroatoms. The van der Waals surface area contributed by atoms with Crippen molar-refractivity contribution in [3.8, 4) is 5.75 Å². The second kappa shape index (κ2) is 7.99. The Morgan fingerprint density at radius 2 is 1.87 bits per heavy atom. The third kappa shape index (κ3) is 5.27. The number of aliphatic carboxylic acids is 1. The van der Waals surface area contributed by atoms with E-state index >= 15 is 0 Å². The van der Waals surface area contributed by atoms with Crippen LogP contribution in [0.15, 0.2) is 24.3 Å². The fourth-order valence-electron chi connectivity index (χ4n) is 3.29. The molecule has 0 radical (unpaired) electrons. The number of carbonyl (C=O) groups excluding carboxylic acids is 1. The second-order valence-corrected chi connectivity index (χ2v) is 6.31. The van der Waals surface area contributed by atoms with Gasteiger partial charge in [0, 0.05) is 6.42 Å². The molecule has 1 aromatic rings. The van der Waals surface area contributed by atoms with Gasteiger partial charge < -0.3 is 15.2 Å². The van der Waals surface area contributed by atoms with Crippen LogP contribution in [0.25, 0.3) is 0 Å². The highest BCUT2D eigenvalue weighted by molar-refractivity contribution is 5.78. The van der Waals surface area contributed by atoms with E-state index in [1.165, 1.54) is 5.56 Å². The zero-order chi connectivity index (χ0) is 16.7. The Hall–Kier alpha value is -2.04. The van der Waals surface area contributed by atoms with Crippen molar-refractivity contribution in [3.05, 3.63) is 29.8 Å². The van der Waals surface area contributed by atoms with Crippen LogP contribution in [0.2, 0.25) is 0 Å². The molecule has 2 rings (SSSR count). The van der Waals surface area contributed by atoms with Crippen LogP contribution in [-0.2, 0) is 16.0 Å². The number of benzene rings is 1. The fourth-order valence-corrected chi connectivity index (χ4v) is 3.29. The van der Waals surface area contributed by atoms with E-state index < -0.39 is 11.5 Å². The summed E-state index contributed by atoms with van der Waals surface area (Å²) in [5, 5.41) is 12.0. The lowest BCUT2D eigenvalue weighted by Crippen LogP contribution is -2.47. The SMILES string of the molecule is COc1ccc(CCCC(=O)NC2(CC(=O)O)CCCC2)cc1. The number of aryl methyl sites for hydroxylation is 1. The van der Waals surface area contributed by atoms with Crippen LogP contribution in [0.1, 0.15) is 50.5 Å². The third-order valence-corrected chi connectivity index (χ3v) is 4.48. The third-order valence-electron chi connectivity index (χ3n) is 4.48. The number of hydrogen-bond donors (Lipinski definition) is 2. The molecular formula is C18H25NO4. The molecule has 0 spiro atoms. The number of hydrogen-bond acceptors (Lipinski definition) is 3. The lowest BCUT2D eigenvalue weighted by Gasteiger charge is -2.28. The highest BCUT2D eigenvalue weighted by Crippen LogP contribution is 2.32. The van der Waals surface area contributed by atoms with Gasteiger partial charge in [-0.1, -0.05) is 25.0 Å². The molecule has 126 valence electrons. The average molecular weight is 319 g/mol. The van der Waals surface area contributed by atoms with E-state index in [4.69, 9.17) is 9.84 Å². The Morgan fingerprint density at radius 1 is 1.22 bits per heavy atom. The second-order valence-electron chi connectivity index (χ2n) is 6.31. The van der Waals surface area contributed by atoms with E-state index in [9.17, 15) is 9.59 Å². The number of ether oxygens (including phenoxy) is 1. The summed E-state index contributed by atoms with van der Waals surface area (Å²) in [4.78, 5) is 23.2. The number of carboxylic acids is 1. The molecule has 5 nitrogen and oxygen atoms in total. The molecule has 0 unspecified atom stereocenters.